The van der Waals surface area contributed by atoms with Gasteiger partial charge in [0.25, 0.3) is 0 Å². The predicted molar refractivity (Wildman–Crippen MR) is 82.4 cm³/mol. The normalized spacial score (nSPS) is 21.4. The lowest BCUT2D eigenvalue weighted by atomic mass is 10.1. The summed E-state index contributed by atoms with van der Waals surface area (Å²) in [6.07, 6.45) is 2.76. The highest BCUT2D eigenvalue weighted by Gasteiger charge is 2.25. The van der Waals surface area contributed by atoms with Gasteiger partial charge in [0.2, 0.25) is 0 Å². The largest absolute Gasteiger partial charge is 0.373 e. The number of ether oxygens (including phenoxy) is 1. The van der Waals surface area contributed by atoms with Gasteiger partial charge in [0.15, 0.2) is 0 Å². The van der Waals surface area contributed by atoms with E-state index in [0.29, 0.717) is 6.61 Å². The minimum atomic E-state index is 0.0313. The molecule has 5 nitrogen and oxygen atoms in total. The Balaban J connectivity index is 1.94. The quantitative estimate of drug-likeness (QED) is 0.934. The van der Waals surface area contributed by atoms with Gasteiger partial charge in [-0.15, -0.1) is 11.3 Å². The van der Waals surface area contributed by atoms with Crippen LogP contribution < -0.4 is 10.6 Å². The molecule has 108 valence electrons. The third kappa shape index (κ3) is 2.51. The van der Waals surface area contributed by atoms with Gasteiger partial charge in [-0.2, -0.15) is 0 Å². The average Bonchev–Trinajstić information content (AvgIpc) is 2.90. The van der Waals surface area contributed by atoms with Crippen LogP contribution in [0.1, 0.15) is 18.7 Å². The molecule has 2 N–H and O–H groups in total. The molecule has 1 fully saturated rings. The number of hydrogen-bond acceptors (Lipinski definition) is 6. The minimum Gasteiger partial charge on any atom is -0.373 e. The number of fused-ring (bicyclic) bond motifs is 1. The highest BCUT2D eigenvalue weighted by molar-refractivity contribution is 7.18. The minimum absolute atomic E-state index is 0.0313. The maximum atomic E-state index is 5.96. The Kier molecular flexibility index (Phi) is 3.87. The first-order valence-electron chi connectivity index (χ1n) is 7.04. The van der Waals surface area contributed by atoms with E-state index in [4.69, 9.17) is 10.5 Å². The van der Waals surface area contributed by atoms with Crippen LogP contribution in [0.25, 0.3) is 10.2 Å². The van der Waals surface area contributed by atoms with Crippen molar-refractivity contribution in [3.63, 3.8) is 0 Å². The average molecular weight is 292 g/mol. The second kappa shape index (κ2) is 5.63. The number of nitrogens with zero attached hydrogens (tertiary/aromatic N) is 3. The smallest absolute Gasteiger partial charge is 0.140 e. The van der Waals surface area contributed by atoms with Crippen molar-refractivity contribution in [2.45, 2.75) is 32.4 Å². The topological polar surface area (TPSA) is 64.3 Å². The molecule has 1 aliphatic heterocycles. The number of morpholine rings is 1. The van der Waals surface area contributed by atoms with Gasteiger partial charge in [-0.1, -0.05) is 6.92 Å². The Morgan fingerprint density at radius 2 is 2.40 bits per heavy atom. The maximum absolute atomic E-state index is 5.96. The first-order valence-corrected chi connectivity index (χ1v) is 7.86. The molecule has 0 saturated carbocycles. The Morgan fingerprint density at radius 1 is 1.55 bits per heavy atom. The molecular weight excluding hydrogens is 272 g/mol. The molecule has 0 bridgehead atoms. The van der Waals surface area contributed by atoms with Gasteiger partial charge in [-0.3, -0.25) is 0 Å². The summed E-state index contributed by atoms with van der Waals surface area (Å²) in [5, 5.41) is 1.15. The summed E-state index contributed by atoms with van der Waals surface area (Å²) in [6.45, 7) is 6.50. The van der Waals surface area contributed by atoms with Crippen LogP contribution in [-0.2, 0) is 11.2 Å². The molecule has 0 aliphatic carbocycles. The Morgan fingerprint density at radius 3 is 3.15 bits per heavy atom. The monoisotopic (exact) mass is 292 g/mol. The van der Waals surface area contributed by atoms with Crippen molar-refractivity contribution < 1.29 is 4.74 Å². The molecule has 1 saturated heterocycles. The van der Waals surface area contributed by atoms with Crippen LogP contribution >= 0.6 is 11.3 Å². The Labute approximate surface area is 122 Å². The lowest BCUT2D eigenvalue weighted by Gasteiger charge is -2.35. The van der Waals surface area contributed by atoms with Crippen molar-refractivity contribution in [2.24, 2.45) is 5.73 Å². The lowest BCUT2D eigenvalue weighted by molar-refractivity contribution is 0.0274. The van der Waals surface area contributed by atoms with Crippen LogP contribution in [0, 0.1) is 0 Å². The van der Waals surface area contributed by atoms with Crippen molar-refractivity contribution in [1.82, 2.24) is 9.97 Å². The van der Waals surface area contributed by atoms with Crippen molar-refractivity contribution in [3.05, 3.63) is 17.3 Å². The van der Waals surface area contributed by atoms with Crippen LogP contribution in [0.3, 0.4) is 0 Å². The number of anilines is 1. The number of hydrogen-bond donors (Lipinski definition) is 1. The van der Waals surface area contributed by atoms with Crippen molar-refractivity contribution in [2.75, 3.05) is 24.6 Å². The van der Waals surface area contributed by atoms with Gasteiger partial charge in [0.05, 0.1) is 18.1 Å². The SMILES string of the molecule is CCc1cc2c(N3CCOC(C(C)N)C3)ncnc2s1. The molecule has 0 radical (unpaired) electrons. The van der Waals surface area contributed by atoms with Gasteiger partial charge >= 0.3 is 0 Å². The summed E-state index contributed by atoms with van der Waals surface area (Å²) in [5.41, 5.74) is 5.96. The standard InChI is InChI=1S/C14H20N4OS/c1-3-10-6-11-13(16-8-17-14(11)20-10)18-4-5-19-12(7-18)9(2)15/h6,8-9,12H,3-5,7,15H2,1-2H3. The predicted octanol–water partition coefficient (Wildman–Crippen LogP) is 1.81. The molecule has 0 spiro atoms. The zero-order valence-electron chi connectivity index (χ0n) is 11.9. The van der Waals surface area contributed by atoms with E-state index < -0.39 is 0 Å². The van der Waals surface area contributed by atoms with Gasteiger partial charge in [-0.25, -0.2) is 9.97 Å². The van der Waals surface area contributed by atoms with Gasteiger partial charge in [0.1, 0.15) is 17.0 Å². The Bertz CT molecular complexity index is 598. The van der Waals surface area contributed by atoms with Crippen molar-refractivity contribution in [3.8, 4) is 0 Å². The number of aromatic nitrogens is 2. The fourth-order valence-corrected chi connectivity index (χ4v) is 3.43. The number of nitrogens with two attached hydrogens (primary N) is 1. The second-order valence-electron chi connectivity index (χ2n) is 5.20. The van der Waals surface area contributed by atoms with E-state index in [0.717, 1.165) is 35.5 Å². The molecule has 3 rings (SSSR count). The van der Waals surface area contributed by atoms with E-state index in [9.17, 15) is 0 Å². The third-order valence-electron chi connectivity index (χ3n) is 3.69. The number of thiophene rings is 1. The highest BCUT2D eigenvalue weighted by Crippen LogP contribution is 2.31. The lowest BCUT2D eigenvalue weighted by Crippen LogP contribution is -2.49. The number of aryl methyl sites for hydroxylation is 1. The zero-order chi connectivity index (χ0) is 14.1. The number of rotatable bonds is 3. The summed E-state index contributed by atoms with van der Waals surface area (Å²) in [6, 6.07) is 2.25. The Hall–Kier alpha value is -1.24. The highest BCUT2D eigenvalue weighted by atomic mass is 32.1. The van der Waals surface area contributed by atoms with Gasteiger partial charge in [-0.05, 0) is 19.4 Å². The van der Waals surface area contributed by atoms with E-state index in [1.807, 2.05) is 6.92 Å². The van der Waals surface area contributed by atoms with Crippen LogP contribution in [0.4, 0.5) is 5.82 Å². The molecule has 6 heteroatoms. The van der Waals surface area contributed by atoms with Crippen LogP contribution in [0.2, 0.25) is 0 Å². The van der Waals surface area contributed by atoms with E-state index >= 15 is 0 Å². The zero-order valence-corrected chi connectivity index (χ0v) is 12.7. The fraction of sp³-hybridized carbons (Fsp3) is 0.571. The molecule has 2 aromatic rings. The summed E-state index contributed by atoms with van der Waals surface area (Å²) in [4.78, 5) is 13.6. The molecule has 1 aliphatic rings. The maximum Gasteiger partial charge on any atom is 0.140 e. The molecule has 2 aromatic heterocycles. The van der Waals surface area contributed by atoms with Crippen LogP contribution in [0.15, 0.2) is 12.4 Å². The molecule has 2 unspecified atom stereocenters. The van der Waals surface area contributed by atoms with E-state index in [2.05, 4.69) is 27.9 Å². The molecular formula is C14H20N4OS. The summed E-state index contributed by atoms with van der Waals surface area (Å²) in [7, 11) is 0. The first kappa shape index (κ1) is 13.7. The molecule has 2 atom stereocenters. The second-order valence-corrected chi connectivity index (χ2v) is 6.31. The summed E-state index contributed by atoms with van der Waals surface area (Å²) in [5.74, 6) is 1.01. The van der Waals surface area contributed by atoms with Crippen molar-refractivity contribution >= 4 is 27.4 Å². The van der Waals surface area contributed by atoms with Crippen LogP contribution in [-0.4, -0.2) is 41.8 Å². The fourth-order valence-electron chi connectivity index (χ4n) is 2.51. The molecule has 0 amide bonds. The van der Waals surface area contributed by atoms with E-state index in [1.54, 1.807) is 17.7 Å². The third-order valence-corrected chi connectivity index (χ3v) is 4.87. The summed E-state index contributed by atoms with van der Waals surface area (Å²) >= 11 is 1.75. The first-order chi connectivity index (χ1) is 9.69. The van der Waals surface area contributed by atoms with E-state index in [-0.39, 0.29) is 12.1 Å². The van der Waals surface area contributed by atoms with Crippen molar-refractivity contribution in [1.29, 1.82) is 0 Å². The van der Waals surface area contributed by atoms with E-state index in [1.165, 1.54) is 4.88 Å². The summed E-state index contributed by atoms with van der Waals surface area (Å²) < 4.78 is 5.72. The molecule has 20 heavy (non-hydrogen) atoms. The van der Waals surface area contributed by atoms with Gasteiger partial charge in [0, 0.05) is 24.0 Å². The molecule has 3 heterocycles. The van der Waals surface area contributed by atoms with Gasteiger partial charge < -0.3 is 15.4 Å². The van der Waals surface area contributed by atoms with Crippen LogP contribution in [0.5, 0.6) is 0 Å². The molecule has 0 aromatic carbocycles.